The standard InChI is InChI=1S/C25H34F2N4O2/c1-3-5-16-31(17-6-4-2)23(32)19-30-15-9-10-20(18-30)13-14-21-11-7-8-12-22(21)28-29-25(33)24(26)27/h7-12,15,18,24,28H,3-6,13-14,16-17,19H2,1-2H3/p+1. The first kappa shape index (κ1) is 26.2. The summed E-state index contributed by atoms with van der Waals surface area (Å²) in [5, 5.41) is 0. The van der Waals surface area contributed by atoms with Crippen molar-refractivity contribution in [2.75, 3.05) is 18.5 Å². The summed E-state index contributed by atoms with van der Waals surface area (Å²) in [5.74, 6) is -1.24. The Bertz CT molecular complexity index is 884. The van der Waals surface area contributed by atoms with E-state index < -0.39 is 12.3 Å². The first-order valence-corrected chi connectivity index (χ1v) is 11.6. The molecule has 0 bridgehead atoms. The summed E-state index contributed by atoms with van der Waals surface area (Å²) < 4.78 is 26.8. The van der Waals surface area contributed by atoms with Crippen molar-refractivity contribution < 1.29 is 22.9 Å². The lowest BCUT2D eigenvalue weighted by molar-refractivity contribution is -0.685. The summed E-state index contributed by atoms with van der Waals surface area (Å²) in [6.07, 6.45) is 6.26. The van der Waals surface area contributed by atoms with Gasteiger partial charge < -0.3 is 4.90 Å². The molecule has 0 fully saturated rings. The number of carbonyl (C=O) groups is 2. The quantitative estimate of drug-likeness (QED) is 0.331. The molecule has 180 valence electrons. The summed E-state index contributed by atoms with van der Waals surface area (Å²) in [6.45, 7) is 6.14. The Morgan fingerprint density at radius 1 is 1.00 bits per heavy atom. The van der Waals surface area contributed by atoms with E-state index in [2.05, 4.69) is 19.3 Å². The number of unbranched alkanes of at least 4 members (excludes halogenated alkanes) is 2. The van der Waals surface area contributed by atoms with Crippen molar-refractivity contribution in [3.63, 3.8) is 0 Å². The molecule has 8 heteroatoms. The monoisotopic (exact) mass is 461 g/mol. The lowest BCUT2D eigenvalue weighted by Gasteiger charge is -2.21. The predicted octanol–water partition coefficient (Wildman–Crippen LogP) is 3.90. The van der Waals surface area contributed by atoms with Crippen molar-refractivity contribution in [3.05, 3.63) is 59.9 Å². The zero-order chi connectivity index (χ0) is 24.1. The number of alkyl halides is 2. The average molecular weight is 462 g/mol. The number of benzene rings is 1. The molecule has 0 saturated carbocycles. The van der Waals surface area contributed by atoms with Crippen LogP contribution in [0.4, 0.5) is 14.5 Å². The molecular formula is C25H35F2N4O2+. The summed E-state index contributed by atoms with van der Waals surface area (Å²) in [4.78, 5) is 25.9. The van der Waals surface area contributed by atoms with Gasteiger partial charge >= 0.3 is 12.3 Å². The Labute approximate surface area is 195 Å². The van der Waals surface area contributed by atoms with Crippen molar-refractivity contribution >= 4 is 17.5 Å². The van der Waals surface area contributed by atoms with Crippen molar-refractivity contribution in [2.45, 2.75) is 65.3 Å². The Morgan fingerprint density at radius 3 is 2.36 bits per heavy atom. The fraction of sp³-hybridized carbons (Fsp3) is 0.480. The SMILES string of the molecule is CCCCN(CCCC)C(=O)C[n+]1cccc(CCc2ccccc2NNC(=O)C(F)F)c1. The number of nitrogens with zero attached hydrogens (tertiary/aromatic N) is 2. The maximum Gasteiger partial charge on any atom is 0.317 e. The fourth-order valence-corrected chi connectivity index (χ4v) is 3.46. The van der Waals surface area contributed by atoms with E-state index in [1.54, 1.807) is 12.1 Å². The van der Waals surface area contributed by atoms with E-state index in [0.29, 0.717) is 25.1 Å². The van der Waals surface area contributed by atoms with E-state index in [1.165, 1.54) is 0 Å². The molecule has 6 nitrogen and oxygen atoms in total. The van der Waals surface area contributed by atoms with Gasteiger partial charge in [0.1, 0.15) is 0 Å². The van der Waals surface area contributed by atoms with Crippen LogP contribution in [0.1, 0.15) is 50.7 Å². The number of rotatable bonds is 14. The molecule has 2 amide bonds. The number of amides is 2. The van der Waals surface area contributed by atoms with Crippen LogP contribution in [0.5, 0.6) is 0 Å². The summed E-state index contributed by atoms with van der Waals surface area (Å²) >= 11 is 0. The second-order valence-electron chi connectivity index (χ2n) is 8.04. The van der Waals surface area contributed by atoms with E-state index >= 15 is 0 Å². The maximum atomic E-state index is 12.8. The highest BCUT2D eigenvalue weighted by Crippen LogP contribution is 2.16. The number of anilines is 1. The van der Waals surface area contributed by atoms with Crippen LogP contribution in [-0.2, 0) is 29.0 Å². The fourth-order valence-electron chi connectivity index (χ4n) is 3.46. The summed E-state index contributed by atoms with van der Waals surface area (Å²) in [5.41, 5.74) is 7.13. The Balaban J connectivity index is 1.99. The molecule has 33 heavy (non-hydrogen) atoms. The van der Waals surface area contributed by atoms with Gasteiger partial charge in [-0.2, -0.15) is 13.3 Å². The van der Waals surface area contributed by atoms with E-state index in [1.807, 2.05) is 51.6 Å². The molecule has 1 heterocycles. The van der Waals surface area contributed by atoms with Gasteiger partial charge in [-0.1, -0.05) is 44.9 Å². The Morgan fingerprint density at radius 2 is 1.70 bits per heavy atom. The smallest absolute Gasteiger partial charge is 0.317 e. The normalized spacial score (nSPS) is 10.8. The minimum absolute atomic E-state index is 0.128. The molecule has 1 aromatic heterocycles. The summed E-state index contributed by atoms with van der Waals surface area (Å²) in [7, 11) is 0. The second kappa shape index (κ2) is 14.2. The zero-order valence-electron chi connectivity index (χ0n) is 19.5. The second-order valence-corrected chi connectivity index (χ2v) is 8.04. The lowest BCUT2D eigenvalue weighted by atomic mass is 10.0. The van der Waals surface area contributed by atoms with Crippen LogP contribution in [0.3, 0.4) is 0 Å². The van der Waals surface area contributed by atoms with Crippen LogP contribution >= 0.6 is 0 Å². The number of para-hydroxylation sites is 1. The molecule has 0 atom stereocenters. The third-order valence-electron chi connectivity index (χ3n) is 5.37. The topological polar surface area (TPSA) is 65.3 Å². The number of hydrazine groups is 1. The predicted molar refractivity (Wildman–Crippen MR) is 125 cm³/mol. The summed E-state index contributed by atoms with van der Waals surface area (Å²) in [6, 6.07) is 11.2. The van der Waals surface area contributed by atoms with Gasteiger partial charge in [0.15, 0.2) is 12.4 Å². The van der Waals surface area contributed by atoms with Crippen LogP contribution in [-0.4, -0.2) is 36.2 Å². The maximum absolute atomic E-state index is 12.8. The van der Waals surface area contributed by atoms with Crippen molar-refractivity contribution in [3.8, 4) is 0 Å². The first-order valence-electron chi connectivity index (χ1n) is 11.6. The van der Waals surface area contributed by atoms with E-state index in [9.17, 15) is 18.4 Å². The van der Waals surface area contributed by atoms with Gasteiger partial charge in [0.25, 0.3) is 5.91 Å². The van der Waals surface area contributed by atoms with Crippen LogP contribution in [0.2, 0.25) is 0 Å². The highest BCUT2D eigenvalue weighted by Gasteiger charge is 2.18. The largest absolute Gasteiger partial charge is 0.337 e. The highest BCUT2D eigenvalue weighted by atomic mass is 19.3. The van der Waals surface area contributed by atoms with Gasteiger partial charge in [-0.3, -0.25) is 20.4 Å². The van der Waals surface area contributed by atoms with E-state index in [4.69, 9.17) is 0 Å². The van der Waals surface area contributed by atoms with Crippen LogP contribution < -0.4 is 15.4 Å². The number of hydrogen-bond donors (Lipinski definition) is 2. The van der Waals surface area contributed by atoms with Gasteiger partial charge in [0.05, 0.1) is 5.69 Å². The molecular weight excluding hydrogens is 426 g/mol. The number of halogens is 2. The highest BCUT2D eigenvalue weighted by molar-refractivity contribution is 5.80. The van der Waals surface area contributed by atoms with Crippen LogP contribution in [0.25, 0.3) is 0 Å². The van der Waals surface area contributed by atoms with Crippen molar-refractivity contribution in [1.82, 2.24) is 10.3 Å². The molecule has 0 spiro atoms. The lowest BCUT2D eigenvalue weighted by Crippen LogP contribution is -2.45. The minimum Gasteiger partial charge on any atom is -0.337 e. The average Bonchev–Trinajstić information content (AvgIpc) is 2.81. The first-order chi connectivity index (χ1) is 15.9. The van der Waals surface area contributed by atoms with Gasteiger partial charge in [-0.05, 0) is 43.4 Å². The third kappa shape index (κ3) is 9.16. The molecule has 0 saturated heterocycles. The Kier molecular flexibility index (Phi) is 11.3. The van der Waals surface area contributed by atoms with E-state index in [0.717, 1.165) is 49.9 Å². The Hall–Kier alpha value is -3.03. The van der Waals surface area contributed by atoms with Gasteiger partial charge in [-0.15, -0.1) is 0 Å². The molecule has 1 aromatic carbocycles. The van der Waals surface area contributed by atoms with Crippen LogP contribution in [0.15, 0.2) is 48.8 Å². The van der Waals surface area contributed by atoms with Crippen molar-refractivity contribution in [2.24, 2.45) is 0 Å². The van der Waals surface area contributed by atoms with E-state index in [-0.39, 0.29) is 5.91 Å². The number of aromatic nitrogens is 1. The molecule has 0 unspecified atom stereocenters. The van der Waals surface area contributed by atoms with Crippen molar-refractivity contribution in [1.29, 1.82) is 0 Å². The van der Waals surface area contributed by atoms with Crippen LogP contribution in [0, 0.1) is 0 Å². The number of carbonyl (C=O) groups excluding carboxylic acids is 2. The molecule has 2 N–H and O–H groups in total. The minimum atomic E-state index is -3.08. The zero-order valence-corrected chi connectivity index (χ0v) is 19.5. The number of aryl methyl sites for hydroxylation is 2. The number of nitrogens with one attached hydrogen (secondary N) is 2. The molecule has 0 aliphatic carbocycles. The number of pyridine rings is 1. The number of hydrogen-bond acceptors (Lipinski definition) is 3. The molecule has 2 aromatic rings. The van der Waals surface area contributed by atoms with Gasteiger partial charge in [-0.25, -0.2) is 0 Å². The molecule has 2 rings (SSSR count). The van der Waals surface area contributed by atoms with Gasteiger partial charge in [0.2, 0.25) is 6.54 Å². The molecule has 0 aliphatic heterocycles. The molecule has 0 radical (unpaired) electrons. The third-order valence-corrected chi connectivity index (χ3v) is 5.37. The molecule has 0 aliphatic rings. The van der Waals surface area contributed by atoms with Gasteiger partial charge in [0, 0.05) is 24.7 Å².